The highest BCUT2D eigenvalue weighted by Crippen LogP contribution is 2.27. The highest BCUT2D eigenvalue weighted by Gasteiger charge is 2.17. The lowest BCUT2D eigenvalue weighted by atomic mass is 10.2. The second-order valence-corrected chi connectivity index (χ2v) is 6.82. The molecule has 0 saturated heterocycles. The maximum atomic E-state index is 12.8. The van der Waals surface area contributed by atoms with Gasteiger partial charge in [-0.15, -0.1) is 0 Å². The van der Waals surface area contributed by atoms with Crippen molar-refractivity contribution in [2.45, 2.75) is 10.6 Å². The van der Waals surface area contributed by atoms with Crippen molar-refractivity contribution in [3.05, 3.63) is 58.3 Å². The second kappa shape index (κ2) is 5.30. The van der Waals surface area contributed by atoms with E-state index in [1.807, 2.05) is 0 Å². The molecule has 19 heavy (non-hydrogen) atoms. The van der Waals surface area contributed by atoms with Gasteiger partial charge in [0.15, 0.2) is 9.84 Å². The van der Waals surface area contributed by atoms with Crippen molar-refractivity contribution in [3.63, 3.8) is 0 Å². The zero-order valence-corrected chi connectivity index (χ0v) is 12.2. The summed E-state index contributed by atoms with van der Waals surface area (Å²) >= 11 is 3.27. The number of hydrogen-bond donors (Lipinski definition) is 1. The van der Waals surface area contributed by atoms with Crippen LogP contribution in [0.3, 0.4) is 0 Å². The smallest absolute Gasteiger partial charge is 0.182 e. The Morgan fingerprint density at radius 3 is 2.37 bits per heavy atom. The Hall–Kier alpha value is -1.40. The van der Waals surface area contributed by atoms with Crippen LogP contribution in [0.15, 0.2) is 51.8 Å². The average molecular weight is 344 g/mol. The quantitative estimate of drug-likeness (QED) is 0.687. The van der Waals surface area contributed by atoms with Gasteiger partial charge in [0.05, 0.1) is 10.6 Å². The van der Waals surface area contributed by atoms with Gasteiger partial charge in [0.2, 0.25) is 0 Å². The molecule has 0 radical (unpaired) electrons. The lowest BCUT2D eigenvalue weighted by Crippen LogP contribution is -2.06. The molecule has 100 valence electrons. The summed E-state index contributed by atoms with van der Waals surface area (Å²) in [6, 6.07) is 9.81. The molecule has 0 bridgehead atoms. The van der Waals surface area contributed by atoms with E-state index < -0.39 is 15.7 Å². The Balaban J connectivity index is 2.36. The van der Waals surface area contributed by atoms with Crippen LogP contribution in [-0.4, -0.2) is 8.42 Å². The van der Waals surface area contributed by atoms with E-state index >= 15 is 0 Å². The van der Waals surface area contributed by atoms with E-state index in [1.54, 1.807) is 18.2 Å². The highest BCUT2D eigenvalue weighted by molar-refractivity contribution is 9.10. The molecule has 0 heterocycles. The molecule has 0 amide bonds. The third-order valence-electron chi connectivity index (χ3n) is 2.63. The van der Waals surface area contributed by atoms with Crippen LogP contribution in [0.25, 0.3) is 0 Å². The molecule has 0 aliphatic rings. The number of nitrogens with two attached hydrogens (primary N) is 1. The van der Waals surface area contributed by atoms with Crippen molar-refractivity contribution in [1.29, 1.82) is 0 Å². The molecule has 0 unspecified atom stereocenters. The van der Waals surface area contributed by atoms with Gasteiger partial charge in [-0.25, -0.2) is 12.8 Å². The lowest BCUT2D eigenvalue weighted by molar-refractivity contribution is 0.594. The molecule has 0 aliphatic heterocycles. The van der Waals surface area contributed by atoms with E-state index in [0.717, 1.165) is 12.1 Å². The molecule has 0 saturated carbocycles. The number of anilines is 1. The number of halogens is 2. The van der Waals surface area contributed by atoms with E-state index in [0.29, 0.717) is 15.7 Å². The summed E-state index contributed by atoms with van der Waals surface area (Å²) in [4.78, 5) is 0.0863. The topological polar surface area (TPSA) is 60.2 Å². The normalized spacial score (nSPS) is 11.5. The van der Waals surface area contributed by atoms with Gasteiger partial charge >= 0.3 is 0 Å². The standard InChI is InChI=1S/C13H11BrFNO2S/c14-13-9(2-1-3-12(13)16)8-19(17,18)11-6-4-10(15)5-7-11/h1-7H,8,16H2. The summed E-state index contributed by atoms with van der Waals surface area (Å²) in [6.45, 7) is 0. The summed E-state index contributed by atoms with van der Waals surface area (Å²) in [7, 11) is -3.52. The molecule has 2 aromatic carbocycles. The van der Waals surface area contributed by atoms with Crippen LogP contribution in [-0.2, 0) is 15.6 Å². The zero-order valence-electron chi connectivity index (χ0n) is 9.81. The van der Waals surface area contributed by atoms with E-state index in [4.69, 9.17) is 5.73 Å². The summed E-state index contributed by atoms with van der Waals surface area (Å²) in [5.41, 5.74) is 6.76. The average Bonchev–Trinajstić information content (AvgIpc) is 2.35. The van der Waals surface area contributed by atoms with Gasteiger partial charge in [-0.2, -0.15) is 0 Å². The van der Waals surface area contributed by atoms with Crippen LogP contribution in [0.5, 0.6) is 0 Å². The van der Waals surface area contributed by atoms with Gasteiger partial charge in [0, 0.05) is 10.2 Å². The van der Waals surface area contributed by atoms with E-state index in [-0.39, 0.29) is 10.6 Å². The van der Waals surface area contributed by atoms with Gasteiger partial charge in [0.1, 0.15) is 5.82 Å². The molecule has 0 aliphatic carbocycles. The fourth-order valence-corrected chi connectivity index (χ4v) is 3.60. The number of hydrogen-bond acceptors (Lipinski definition) is 3. The Labute approximate surface area is 119 Å². The van der Waals surface area contributed by atoms with E-state index in [1.165, 1.54) is 12.1 Å². The molecule has 0 aromatic heterocycles. The van der Waals surface area contributed by atoms with Crippen molar-refractivity contribution in [2.24, 2.45) is 0 Å². The highest BCUT2D eigenvalue weighted by atomic mass is 79.9. The lowest BCUT2D eigenvalue weighted by Gasteiger charge is -2.08. The van der Waals surface area contributed by atoms with Crippen LogP contribution >= 0.6 is 15.9 Å². The monoisotopic (exact) mass is 343 g/mol. The van der Waals surface area contributed by atoms with Crippen molar-refractivity contribution in [1.82, 2.24) is 0 Å². The Morgan fingerprint density at radius 1 is 1.11 bits per heavy atom. The number of benzene rings is 2. The molecule has 2 aromatic rings. The SMILES string of the molecule is Nc1cccc(CS(=O)(=O)c2ccc(F)cc2)c1Br. The van der Waals surface area contributed by atoms with E-state index in [9.17, 15) is 12.8 Å². The predicted octanol–water partition coefficient (Wildman–Crippen LogP) is 3.14. The van der Waals surface area contributed by atoms with Crippen molar-refractivity contribution in [3.8, 4) is 0 Å². The zero-order chi connectivity index (χ0) is 14.0. The predicted molar refractivity (Wildman–Crippen MR) is 75.8 cm³/mol. The molecule has 0 fully saturated rings. The van der Waals surface area contributed by atoms with Crippen molar-refractivity contribution < 1.29 is 12.8 Å². The molecule has 6 heteroatoms. The molecule has 2 rings (SSSR count). The third-order valence-corrected chi connectivity index (χ3v) is 5.28. The first-order valence-corrected chi connectivity index (χ1v) is 7.86. The van der Waals surface area contributed by atoms with Gasteiger partial charge in [-0.05, 0) is 51.8 Å². The molecular formula is C13H11BrFNO2S. The molecule has 3 nitrogen and oxygen atoms in total. The largest absolute Gasteiger partial charge is 0.398 e. The minimum absolute atomic E-state index is 0.0863. The first-order valence-electron chi connectivity index (χ1n) is 5.41. The first-order chi connectivity index (χ1) is 8.90. The summed E-state index contributed by atoms with van der Waals surface area (Å²) in [5.74, 6) is -0.659. The van der Waals surface area contributed by atoms with Crippen LogP contribution < -0.4 is 5.73 Å². The maximum Gasteiger partial charge on any atom is 0.182 e. The number of sulfone groups is 1. The van der Waals surface area contributed by atoms with Gasteiger partial charge < -0.3 is 5.73 Å². The van der Waals surface area contributed by atoms with Crippen LogP contribution in [0.1, 0.15) is 5.56 Å². The second-order valence-electron chi connectivity index (χ2n) is 4.03. The first kappa shape index (κ1) is 14.0. The molecule has 0 spiro atoms. The fraction of sp³-hybridized carbons (Fsp3) is 0.0769. The van der Waals surface area contributed by atoms with Crippen molar-refractivity contribution in [2.75, 3.05) is 5.73 Å². The minimum atomic E-state index is -3.52. The Kier molecular flexibility index (Phi) is 3.91. The fourth-order valence-electron chi connectivity index (χ4n) is 1.64. The Bertz CT molecular complexity index is 699. The van der Waals surface area contributed by atoms with Crippen molar-refractivity contribution >= 4 is 31.5 Å². The van der Waals surface area contributed by atoms with Gasteiger partial charge in [-0.3, -0.25) is 0 Å². The van der Waals surface area contributed by atoms with Crippen LogP contribution in [0.4, 0.5) is 10.1 Å². The molecule has 2 N–H and O–H groups in total. The summed E-state index contributed by atoms with van der Waals surface area (Å²) in [5, 5.41) is 0. The Morgan fingerprint density at radius 2 is 1.74 bits per heavy atom. The van der Waals surface area contributed by atoms with Crippen LogP contribution in [0, 0.1) is 5.82 Å². The maximum absolute atomic E-state index is 12.8. The molecular weight excluding hydrogens is 333 g/mol. The van der Waals surface area contributed by atoms with E-state index in [2.05, 4.69) is 15.9 Å². The number of rotatable bonds is 3. The van der Waals surface area contributed by atoms with Gasteiger partial charge in [0.25, 0.3) is 0 Å². The van der Waals surface area contributed by atoms with Gasteiger partial charge in [-0.1, -0.05) is 12.1 Å². The summed E-state index contributed by atoms with van der Waals surface area (Å²) in [6.07, 6.45) is 0. The number of nitrogen functional groups attached to an aromatic ring is 1. The molecule has 0 atom stereocenters. The summed E-state index contributed by atoms with van der Waals surface area (Å²) < 4.78 is 37.8. The minimum Gasteiger partial charge on any atom is -0.398 e. The van der Waals surface area contributed by atoms with Crippen LogP contribution in [0.2, 0.25) is 0 Å². The third kappa shape index (κ3) is 3.13.